The Labute approximate surface area is 137 Å². The molecular formula is C17H26N2O4. The molecule has 1 amide bonds. The van der Waals surface area contributed by atoms with Gasteiger partial charge < -0.3 is 25.2 Å². The van der Waals surface area contributed by atoms with Crippen LogP contribution in [0.2, 0.25) is 0 Å². The van der Waals surface area contributed by atoms with Gasteiger partial charge in [-0.25, -0.2) is 4.79 Å². The number of rotatable bonds is 4. The topological polar surface area (TPSA) is 82.0 Å². The number of amides is 1. The minimum Gasteiger partial charge on any atom is -0.504 e. The van der Waals surface area contributed by atoms with E-state index in [1.807, 2.05) is 20.8 Å². The molecule has 1 fully saturated rings. The first kappa shape index (κ1) is 17.4. The minimum atomic E-state index is -0.495. The Hall–Kier alpha value is -1.95. The molecule has 23 heavy (non-hydrogen) atoms. The number of phenols is 2. The van der Waals surface area contributed by atoms with Crippen LogP contribution in [0, 0.1) is 0 Å². The third kappa shape index (κ3) is 4.76. The van der Waals surface area contributed by atoms with E-state index in [1.165, 1.54) is 6.07 Å². The largest absolute Gasteiger partial charge is 0.504 e. The summed E-state index contributed by atoms with van der Waals surface area (Å²) < 4.78 is 5.44. The molecule has 0 aliphatic carbocycles. The maximum absolute atomic E-state index is 12.2. The maximum atomic E-state index is 12.2. The third-order valence-electron chi connectivity index (χ3n) is 3.80. The molecule has 1 aliphatic heterocycles. The van der Waals surface area contributed by atoms with Gasteiger partial charge in [0.1, 0.15) is 5.60 Å². The monoisotopic (exact) mass is 322 g/mol. The molecule has 6 heteroatoms. The van der Waals surface area contributed by atoms with Crippen LogP contribution in [-0.2, 0) is 11.3 Å². The van der Waals surface area contributed by atoms with Crippen LogP contribution in [0.5, 0.6) is 11.5 Å². The van der Waals surface area contributed by atoms with Crippen molar-refractivity contribution in [2.45, 2.75) is 51.8 Å². The Bertz CT molecular complexity index is 554. The SMILES string of the molecule is CC(C)(C)OC(=O)N1CCCC1CNCc1cccc(O)c1O. The molecule has 1 aromatic rings. The summed E-state index contributed by atoms with van der Waals surface area (Å²) in [6.45, 7) is 7.34. The summed E-state index contributed by atoms with van der Waals surface area (Å²) in [5.41, 5.74) is 0.136. The minimum absolute atomic E-state index is 0.0873. The molecule has 1 saturated heterocycles. The molecule has 0 radical (unpaired) electrons. The van der Waals surface area contributed by atoms with Crippen molar-refractivity contribution in [3.05, 3.63) is 23.8 Å². The zero-order chi connectivity index (χ0) is 17.0. The molecule has 1 heterocycles. The number of para-hydroxylation sites is 1. The molecular weight excluding hydrogens is 296 g/mol. The van der Waals surface area contributed by atoms with E-state index < -0.39 is 5.60 Å². The van der Waals surface area contributed by atoms with Crippen molar-refractivity contribution in [2.24, 2.45) is 0 Å². The molecule has 2 rings (SSSR count). The van der Waals surface area contributed by atoms with Gasteiger partial charge in [-0.3, -0.25) is 0 Å². The fraction of sp³-hybridized carbons (Fsp3) is 0.588. The van der Waals surface area contributed by atoms with E-state index in [9.17, 15) is 15.0 Å². The van der Waals surface area contributed by atoms with Crippen molar-refractivity contribution >= 4 is 6.09 Å². The van der Waals surface area contributed by atoms with Gasteiger partial charge in [-0.05, 0) is 39.7 Å². The molecule has 0 bridgehead atoms. The molecule has 0 spiro atoms. The van der Waals surface area contributed by atoms with E-state index in [0.717, 1.165) is 12.8 Å². The summed E-state index contributed by atoms with van der Waals surface area (Å²) in [6, 6.07) is 4.97. The Kier molecular flexibility index (Phi) is 5.36. The number of phenolic OH excluding ortho intramolecular Hbond substituents is 2. The van der Waals surface area contributed by atoms with E-state index in [2.05, 4.69) is 5.32 Å². The van der Waals surface area contributed by atoms with Gasteiger partial charge in [0, 0.05) is 31.2 Å². The van der Waals surface area contributed by atoms with E-state index in [1.54, 1.807) is 17.0 Å². The molecule has 1 aromatic carbocycles. The number of ether oxygens (including phenoxy) is 1. The number of aromatic hydroxyl groups is 2. The summed E-state index contributed by atoms with van der Waals surface area (Å²) in [6.07, 6.45) is 1.61. The lowest BCUT2D eigenvalue weighted by atomic mass is 10.1. The van der Waals surface area contributed by atoms with E-state index in [0.29, 0.717) is 25.2 Å². The van der Waals surface area contributed by atoms with Crippen molar-refractivity contribution in [3.63, 3.8) is 0 Å². The molecule has 6 nitrogen and oxygen atoms in total. The average Bonchev–Trinajstić information content (AvgIpc) is 2.90. The van der Waals surface area contributed by atoms with Gasteiger partial charge in [0.05, 0.1) is 0 Å². The highest BCUT2D eigenvalue weighted by Crippen LogP contribution is 2.28. The fourth-order valence-corrected chi connectivity index (χ4v) is 2.70. The first-order chi connectivity index (χ1) is 10.8. The maximum Gasteiger partial charge on any atom is 0.410 e. The Morgan fingerprint density at radius 1 is 1.39 bits per heavy atom. The number of carbonyl (C=O) groups is 1. The van der Waals surface area contributed by atoms with Crippen LogP contribution in [-0.4, -0.2) is 45.9 Å². The summed E-state index contributed by atoms with van der Waals surface area (Å²) in [7, 11) is 0. The predicted octanol–water partition coefficient (Wildman–Crippen LogP) is 2.59. The fourth-order valence-electron chi connectivity index (χ4n) is 2.70. The highest BCUT2D eigenvalue weighted by atomic mass is 16.6. The molecule has 1 aliphatic rings. The summed E-state index contributed by atoms with van der Waals surface area (Å²) in [4.78, 5) is 14.0. The van der Waals surface area contributed by atoms with E-state index in [4.69, 9.17) is 4.74 Å². The van der Waals surface area contributed by atoms with Crippen LogP contribution in [0.3, 0.4) is 0 Å². The van der Waals surface area contributed by atoms with Gasteiger partial charge in [-0.1, -0.05) is 12.1 Å². The number of likely N-dealkylation sites (tertiary alicyclic amines) is 1. The van der Waals surface area contributed by atoms with Crippen molar-refractivity contribution in [2.75, 3.05) is 13.1 Å². The molecule has 1 unspecified atom stereocenters. The lowest BCUT2D eigenvalue weighted by Gasteiger charge is -2.28. The second-order valence-corrected chi connectivity index (χ2v) is 6.89. The second kappa shape index (κ2) is 7.08. The Morgan fingerprint density at radius 2 is 2.13 bits per heavy atom. The van der Waals surface area contributed by atoms with Gasteiger partial charge in [0.15, 0.2) is 11.5 Å². The third-order valence-corrected chi connectivity index (χ3v) is 3.80. The van der Waals surface area contributed by atoms with Crippen LogP contribution in [0.25, 0.3) is 0 Å². The van der Waals surface area contributed by atoms with E-state index in [-0.39, 0.29) is 23.6 Å². The number of hydrogen-bond donors (Lipinski definition) is 3. The molecule has 0 saturated carbocycles. The summed E-state index contributed by atoms with van der Waals surface area (Å²) in [5, 5.41) is 22.5. The smallest absolute Gasteiger partial charge is 0.410 e. The number of carbonyl (C=O) groups excluding carboxylic acids is 1. The molecule has 1 atom stereocenters. The molecule has 128 valence electrons. The standard InChI is InChI=1S/C17H26N2O4/c1-17(2,3)23-16(22)19-9-5-7-13(19)11-18-10-12-6-4-8-14(20)15(12)21/h4,6,8,13,18,20-21H,5,7,9-11H2,1-3H3. The molecule has 0 aromatic heterocycles. The van der Waals surface area contributed by atoms with E-state index >= 15 is 0 Å². The number of nitrogens with zero attached hydrogens (tertiary/aromatic N) is 1. The Morgan fingerprint density at radius 3 is 2.83 bits per heavy atom. The number of hydrogen-bond acceptors (Lipinski definition) is 5. The lowest BCUT2D eigenvalue weighted by molar-refractivity contribution is 0.0226. The first-order valence-electron chi connectivity index (χ1n) is 7.98. The average molecular weight is 322 g/mol. The number of benzene rings is 1. The second-order valence-electron chi connectivity index (χ2n) is 6.89. The summed E-state index contributed by atoms with van der Waals surface area (Å²) >= 11 is 0. The van der Waals surface area contributed by atoms with Crippen molar-refractivity contribution in [3.8, 4) is 11.5 Å². The normalized spacial score (nSPS) is 18.2. The van der Waals surface area contributed by atoms with Gasteiger partial charge >= 0.3 is 6.09 Å². The van der Waals surface area contributed by atoms with Gasteiger partial charge in [-0.2, -0.15) is 0 Å². The van der Waals surface area contributed by atoms with Crippen molar-refractivity contribution in [1.29, 1.82) is 0 Å². The zero-order valence-electron chi connectivity index (χ0n) is 14.0. The highest BCUT2D eigenvalue weighted by molar-refractivity contribution is 5.69. The van der Waals surface area contributed by atoms with Gasteiger partial charge in [0.2, 0.25) is 0 Å². The highest BCUT2D eigenvalue weighted by Gasteiger charge is 2.31. The van der Waals surface area contributed by atoms with Crippen LogP contribution in [0.4, 0.5) is 4.79 Å². The van der Waals surface area contributed by atoms with Crippen molar-refractivity contribution in [1.82, 2.24) is 10.2 Å². The molecule has 3 N–H and O–H groups in total. The lowest BCUT2D eigenvalue weighted by Crippen LogP contribution is -2.44. The Balaban J connectivity index is 1.87. The van der Waals surface area contributed by atoms with Gasteiger partial charge in [-0.15, -0.1) is 0 Å². The quantitative estimate of drug-likeness (QED) is 0.742. The van der Waals surface area contributed by atoms with Crippen molar-refractivity contribution < 1.29 is 19.7 Å². The van der Waals surface area contributed by atoms with Gasteiger partial charge in [0.25, 0.3) is 0 Å². The van der Waals surface area contributed by atoms with Crippen LogP contribution in [0.1, 0.15) is 39.2 Å². The van der Waals surface area contributed by atoms with Crippen LogP contribution in [0.15, 0.2) is 18.2 Å². The van der Waals surface area contributed by atoms with Crippen LogP contribution >= 0.6 is 0 Å². The predicted molar refractivity (Wildman–Crippen MR) is 87.4 cm³/mol. The summed E-state index contributed by atoms with van der Waals surface area (Å²) in [5.74, 6) is -0.226. The van der Waals surface area contributed by atoms with Crippen LogP contribution < -0.4 is 5.32 Å². The zero-order valence-corrected chi connectivity index (χ0v) is 14.0. The first-order valence-corrected chi connectivity index (χ1v) is 7.98. The number of nitrogens with one attached hydrogen (secondary N) is 1.